The molecule has 2 N–H and O–H groups in total. The number of anilines is 1. The van der Waals surface area contributed by atoms with Gasteiger partial charge in [0.05, 0.1) is 5.56 Å². The van der Waals surface area contributed by atoms with Gasteiger partial charge in [0.2, 0.25) is 0 Å². The molecule has 1 aromatic rings. The predicted molar refractivity (Wildman–Crippen MR) is 104 cm³/mol. The second-order valence-corrected chi connectivity index (χ2v) is 6.56. The summed E-state index contributed by atoms with van der Waals surface area (Å²) in [6, 6.07) is 0. The first kappa shape index (κ1) is 25.4. The van der Waals surface area contributed by atoms with Crippen LogP contribution in [0.1, 0.15) is 38.7 Å². The first-order valence-corrected chi connectivity index (χ1v) is 9.61. The van der Waals surface area contributed by atoms with E-state index in [0.717, 1.165) is 38.4 Å². The van der Waals surface area contributed by atoms with E-state index in [2.05, 4.69) is 0 Å². The van der Waals surface area contributed by atoms with Crippen molar-refractivity contribution >= 4 is 23.7 Å². The quantitative estimate of drug-likeness (QED) is 0.403. The van der Waals surface area contributed by atoms with Crippen LogP contribution in [0.25, 0.3) is 6.08 Å². The molecule has 168 valence electrons. The molecule has 1 heterocycles. The summed E-state index contributed by atoms with van der Waals surface area (Å²) in [7, 11) is 0. The Balaban J connectivity index is 0.000000656. The molecule has 0 aromatic heterocycles. The fraction of sp³-hybridized carbons (Fsp3) is 0.500. The smallest absolute Gasteiger partial charge is 0.414 e. The van der Waals surface area contributed by atoms with Crippen LogP contribution in [0.5, 0.6) is 0 Å². The van der Waals surface area contributed by atoms with Gasteiger partial charge in [-0.1, -0.05) is 26.0 Å². The summed E-state index contributed by atoms with van der Waals surface area (Å²) < 4.78 is 57.2. The van der Waals surface area contributed by atoms with Crippen molar-refractivity contribution in [2.24, 2.45) is 0 Å². The Morgan fingerprint density at radius 2 is 1.37 bits per heavy atom. The Bertz CT molecular complexity index is 736. The number of nitrogens with zero attached hydrogens (tertiary/aromatic N) is 2. The molecule has 0 bridgehead atoms. The number of aliphatic carboxylic acids is 2. The molecule has 0 radical (unpaired) electrons. The molecular weight excluding hydrogens is 408 g/mol. The molecule has 0 spiro atoms. The zero-order chi connectivity index (χ0) is 22.8. The standard InChI is InChI=1S/C18H24F4N2.C2H2O4/c1-3-23(4-2)10-8-9-13-14(19)16(21)18(17(22)15(13)20)24-11-6-5-7-12-24;3-1(4)2(5)6/h8-9H,3-7,10-12H2,1-2H3;(H,3,4)(H,5,6)/b9-8+;. The molecule has 6 nitrogen and oxygen atoms in total. The molecule has 0 aliphatic carbocycles. The summed E-state index contributed by atoms with van der Waals surface area (Å²) in [5, 5.41) is 14.8. The van der Waals surface area contributed by atoms with Crippen molar-refractivity contribution in [3.8, 4) is 0 Å². The lowest BCUT2D eigenvalue weighted by atomic mass is 10.1. The van der Waals surface area contributed by atoms with Crippen LogP contribution in [-0.4, -0.2) is 59.8 Å². The van der Waals surface area contributed by atoms with Gasteiger partial charge >= 0.3 is 11.9 Å². The van der Waals surface area contributed by atoms with Crippen molar-refractivity contribution in [2.75, 3.05) is 37.6 Å². The monoisotopic (exact) mass is 434 g/mol. The van der Waals surface area contributed by atoms with Crippen LogP contribution in [-0.2, 0) is 9.59 Å². The topological polar surface area (TPSA) is 81.1 Å². The molecule has 10 heteroatoms. The lowest BCUT2D eigenvalue weighted by Crippen LogP contribution is -2.31. The first-order chi connectivity index (χ1) is 14.1. The molecule has 0 amide bonds. The van der Waals surface area contributed by atoms with Crippen molar-refractivity contribution in [2.45, 2.75) is 33.1 Å². The van der Waals surface area contributed by atoms with Crippen LogP contribution < -0.4 is 4.90 Å². The third-order valence-electron chi connectivity index (χ3n) is 4.67. The second-order valence-electron chi connectivity index (χ2n) is 6.56. The molecule has 1 aromatic carbocycles. The fourth-order valence-corrected chi connectivity index (χ4v) is 2.98. The Labute approximate surface area is 172 Å². The maximum Gasteiger partial charge on any atom is 0.414 e. The van der Waals surface area contributed by atoms with Crippen molar-refractivity contribution < 1.29 is 37.4 Å². The number of benzene rings is 1. The summed E-state index contributed by atoms with van der Waals surface area (Å²) in [5.74, 6) is -8.92. The van der Waals surface area contributed by atoms with Crippen LogP contribution >= 0.6 is 0 Å². The molecular formula is C20H26F4N2O4. The van der Waals surface area contributed by atoms with E-state index >= 15 is 0 Å². The molecule has 0 unspecified atom stereocenters. The minimum absolute atomic E-state index is 0.407. The van der Waals surface area contributed by atoms with Gasteiger partial charge in [0.25, 0.3) is 0 Å². The van der Waals surface area contributed by atoms with Gasteiger partial charge in [-0.3, -0.25) is 0 Å². The van der Waals surface area contributed by atoms with Gasteiger partial charge in [-0.2, -0.15) is 0 Å². The highest BCUT2D eigenvalue weighted by atomic mass is 19.2. The molecule has 1 aliphatic heterocycles. The number of hydrogen-bond acceptors (Lipinski definition) is 4. The van der Waals surface area contributed by atoms with Crippen LogP contribution in [0.15, 0.2) is 6.08 Å². The van der Waals surface area contributed by atoms with Crippen molar-refractivity contribution in [1.29, 1.82) is 0 Å². The van der Waals surface area contributed by atoms with E-state index in [1.807, 2.05) is 18.7 Å². The fourth-order valence-electron chi connectivity index (χ4n) is 2.98. The largest absolute Gasteiger partial charge is 0.473 e. The van der Waals surface area contributed by atoms with E-state index < -0.39 is 46.5 Å². The highest BCUT2D eigenvalue weighted by Gasteiger charge is 2.28. The molecule has 0 saturated carbocycles. The maximum atomic E-state index is 14.3. The summed E-state index contributed by atoms with van der Waals surface area (Å²) in [6.07, 6.45) is 5.11. The number of rotatable bonds is 6. The Kier molecular flexibility index (Phi) is 10.3. The maximum absolute atomic E-state index is 14.3. The minimum Gasteiger partial charge on any atom is -0.473 e. The number of carbonyl (C=O) groups is 2. The number of likely N-dealkylation sites (N-methyl/N-ethyl adjacent to an activating group) is 1. The molecule has 1 saturated heterocycles. The van der Waals surface area contributed by atoms with Gasteiger partial charge in [0.1, 0.15) is 5.69 Å². The summed E-state index contributed by atoms with van der Waals surface area (Å²) in [6.45, 7) is 6.76. The Morgan fingerprint density at radius 1 is 0.900 bits per heavy atom. The lowest BCUT2D eigenvalue weighted by Gasteiger charge is -2.29. The SMILES string of the molecule is CCN(CC)C/C=C/c1c(F)c(F)c(N2CCCCC2)c(F)c1F.O=C(O)C(=O)O. The number of piperidine rings is 1. The average molecular weight is 434 g/mol. The number of carboxylic acids is 2. The summed E-state index contributed by atoms with van der Waals surface area (Å²) in [5.41, 5.74) is -1.23. The number of halogens is 4. The van der Waals surface area contributed by atoms with Gasteiger partial charge in [0, 0.05) is 19.6 Å². The first-order valence-electron chi connectivity index (χ1n) is 9.61. The normalized spacial score (nSPS) is 14.0. The summed E-state index contributed by atoms with van der Waals surface area (Å²) in [4.78, 5) is 21.6. The zero-order valence-electron chi connectivity index (χ0n) is 16.9. The Hall–Kier alpha value is -2.62. The third-order valence-corrected chi connectivity index (χ3v) is 4.67. The van der Waals surface area contributed by atoms with E-state index in [1.54, 1.807) is 0 Å². The van der Waals surface area contributed by atoms with E-state index in [0.29, 0.717) is 19.6 Å². The van der Waals surface area contributed by atoms with Crippen LogP contribution in [0.3, 0.4) is 0 Å². The highest BCUT2D eigenvalue weighted by molar-refractivity contribution is 6.27. The predicted octanol–water partition coefficient (Wildman–Crippen LogP) is 3.74. The van der Waals surface area contributed by atoms with Crippen LogP contribution in [0.2, 0.25) is 0 Å². The second kappa shape index (κ2) is 12.2. The van der Waals surface area contributed by atoms with E-state index in [-0.39, 0.29) is 0 Å². The third kappa shape index (κ3) is 6.72. The van der Waals surface area contributed by atoms with E-state index in [1.165, 1.54) is 11.0 Å². The highest BCUT2D eigenvalue weighted by Crippen LogP contribution is 2.33. The van der Waals surface area contributed by atoms with Gasteiger partial charge in [-0.15, -0.1) is 0 Å². The molecule has 2 rings (SSSR count). The molecule has 0 atom stereocenters. The van der Waals surface area contributed by atoms with E-state index in [4.69, 9.17) is 19.8 Å². The summed E-state index contributed by atoms with van der Waals surface area (Å²) >= 11 is 0. The van der Waals surface area contributed by atoms with Crippen LogP contribution in [0, 0.1) is 23.3 Å². The molecule has 1 aliphatic rings. The lowest BCUT2D eigenvalue weighted by molar-refractivity contribution is -0.159. The van der Waals surface area contributed by atoms with Gasteiger partial charge in [0.15, 0.2) is 23.3 Å². The van der Waals surface area contributed by atoms with Crippen molar-refractivity contribution in [3.05, 3.63) is 34.9 Å². The van der Waals surface area contributed by atoms with Gasteiger partial charge in [-0.05, 0) is 32.4 Å². The van der Waals surface area contributed by atoms with Gasteiger partial charge < -0.3 is 20.0 Å². The minimum atomic E-state index is -1.82. The van der Waals surface area contributed by atoms with E-state index in [9.17, 15) is 17.6 Å². The number of hydrogen-bond donors (Lipinski definition) is 2. The van der Waals surface area contributed by atoms with Crippen molar-refractivity contribution in [3.63, 3.8) is 0 Å². The Morgan fingerprint density at radius 3 is 1.77 bits per heavy atom. The number of carboxylic acid groups (broad SMARTS) is 2. The molecule has 1 fully saturated rings. The van der Waals surface area contributed by atoms with Crippen molar-refractivity contribution in [1.82, 2.24) is 4.90 Å². The average Bonchev–Trinajstić information content (AvgIpc) is 2.73. The zero-order valence-corrected chi connectivity index (χ0v) is 16.9. The van der Waals surface area contributed by atoms with Crippen LogP contribution in [0.4, 0.5) is 23.2 Å². The van der Waals surface area contributed by atoms with Gasteiger partial charge in [-0.25, -0.2) is 27.2 Å². The molecule has 30 heavy (non-hydrogen) atoms.